The van der Waals surface area contributed by atoms with Gasteiger partial charge in [0.05, 0.1) is 10.6 Å². The molecule has 0 radical (unpaired) electrons. The number of benzene rings is 2. The Morgan fingerprint density at radius 3 is 2.54 bits per heavy atom. The van der Waals surface area contributed by atoms with Crippen LogP contribution in [-0.2, 0) is 14.3 Å². The first kappa shape index (κ1) is 20.9. The van der Waals surface area contributed by atoms with Crippen molar-refractivity contribution in [1.29, 1.82) is 5.26 Å². The molecule has 0 aliphatic rings. The minimum absolute atomic E-state index is 0.00527. The van der Waals surface area contributed by atoms with E-state index in [2.05, 4.69) is 10.1 Å². The average molecular weight is 407 g/mol. The summed E-state index contributed by atoms with van der Waals surface area (Å²) in [7, 11) is 0. The summed E-state index contributed by atoms with van der Waals surface area (Å²) in [5.74, 6) is -1.36. The van der Waals surface area contributed by atoms with Crippen molar-refractivity contribution in [2.75, 3.05) is 11.9 Å². The maximum atomic E-state index is 12.1. The molecule has 0 aromatic heterocycles. The van der Waals surface area contributed by atoms with Crippen LogP contribution in [0.3, 0.4) is 0 Å². The average Bonchev–Trinajstić information content (AvgIpc) is 2.65. The van der Waals surface area contributed by atoms with E-state index in [1.165, 1.54) is 48.5 Å². The molecule has 9 heteroatoms. The van der Waals surface area contributed by atoms with Crippen molar-refractivity contribution in [3.8, 4) is 11.8 Å². The number of ether oxygens (including phenoxy) is 2. The fraction of sp³-hybridized carbons (Fsp3) is 0.105. The fourth-order valence-electron chi connectivity index (χ4n) is 1.99. The summed E-state index contributed by atoms with van der Waals surface area (Å²) in [6.07, 6.45) is 2.49. The van der Waals surface area contributed by atoms with Gasteiger partial charge in [-0.15, -0.1) is 0 Å². The molecule has 1 N–H and O–H groups in total. The van der Waals surface area contributed by atoms with Crippen molar-refractivity contribution in [1.82, 2.24) is 0 Å². The molecule has 2 aromatic carbocycles. The number of hydrogen-bond acceptors (Lipinski definition) is 5. The van der Waals surface area contributed by atoms with Crippen LogP contribution in [0.2, 0.25) is 5.02 Å². The van der Waals surface area contributed by atoms with E-state index in [-0.39, 0.29) is 16.3 Å². The second-order valence-corrected chi connectivity index (χ2v) is 5.65. The minimum Gasteiger partial charge on any atom is -0.452 e. The molecule has 0 aliphatic heterocycles. The SMILES string of the molecule is N#Cc1ccc(NC(=O)COC(=O)/C=C/c2ccc(OC(F)F)cc2)cc1Cl. The molecule has 0 unspecified atom stereocenters. The molecular weight excluding hydrogens is 394 g/mol. The molecule has 0 heterocycles. The van der Waals surface area contributed by atoms with Gasteiger partial charge in [0.1, 0.15) is 11.8 Å². The van der Waals surface area contributed by atoms with E-state index in [0.29, 0.717) is 11.3 Å². The number of nitrogens with one attached hydrogen (secondary N) is 1. The van der Waals surface area contributed by atoms with Crippen molar-refractivity contribution in [2.45, 2.75) is 6.61 Å². The second-order valence-electron chi connectivity index (χ2n) is 5.24. The Kier molecular flexibility index (Phi) is 7.48. The first-order chi connectivity index (χ1) is 13.4. The summed E-state index contributed by atoms with van der Waals surface area (Å²) >= 11 is 5.86. The lowest BCUT2D eigenvalue weighted by Gasteiger charge is -2.06. The molecule has 0 saturated heterocycles. The molecule has 0 atom stereocenters. The molecule has 0 aliphatic carbocycles. The molecule has 0 saturated carbocycles. The van der Waals surface area contributed by atoms with Crippen molar-refractivity contribution in [3.05, 3.63) is 64.7 Å². The number of halogens is 3. The molecular formula is C19H13ClF2N2O4. The van der Waals surface area contributed by atoms with Gasteiger partial charge in [0, 0.05) is 11.8 Å². The predicted octanol–water partition coefficient (Wildman–Crippen LogP) is 4.01. The van der Waals surface area contributed by atoms with Gasteiger partial charge in [0.25, 0.3) is 5.91 Å². The zero-order valence-corrected chi connectivity index (χ0v) is 15.0. The van der Waals surface area contributed by atoms with Crippen LogP contribution in [0.4, 0.5) is 14.5 Å². The molecule has 0 spiro atoms. The summed E-state index contributed by atoms with van der Waals surface area (Å²) < 4.78 is 33.1. The van der Waals surface area contributed by atoms with E-state index < -0.39 is 25.1 Å². The third-order valence-electron chi connectivity index (χ3n) is 3.24. The number of carbonyl (C=O) groups excluding carboxylic acids is 2. The second kappa shape index (κ2) is 10.0. The van der Waals surface area contributed by atoms with E-state index in [1.54, 1.807) is 0 Å². The lowest BCUT2D eigenvalue weighted by atomic mass is 10.2. The van der Waals surface area contributed by atoms with E-state index in [1.807, 2.05) is 6.07 Å². The van der Waals surface area contributed by atoms with Crippen LogP contribution in [0.25, 0.3) is 6.08 Å². The third-order valence-corrected chi connectivity index (χ3v) is 3.55. The molecule has 28 heavy (non-hydrogen) atoms. The largest absolute Gasteiger partial charge is 0.452 e. The standard InChI is InChI=1S/C19H13ClF2N2O4/c20-16-9-14(5-4-13(16)10-23)24-17(25)11-27-18(26)8-3-12-1-6-15(7-2-12)28-19(21)22/h1-9,19H,11H2,(H,24,25)/b8-3+. The van der Waals surface area contributed by atoms with Crippen LogP contribution in [0.15, 0.2) is 48.5 Å². The molecule has 2 rings (SSSR count). The highest BCUT2D eigenvalue weighted by Crippen LogP contribution is 2.20. The molecule has 6 nitrogen and oxygen atoms in total. The van der Waals surface area contributed by atoms with E-state index in [0.717, 1.165) is 6.08 Å². The first-order valence-corrected chi connectivity index (χ1v) is 8.14. The Balaban J connectivity index is 1.81. The van der Waals surface area contributed by atoms with E-state index >= 15 is 0 Å². The maximum Gasteiger partial charge on any atom is 0.387 e. The third kappa shape index (κ3) is 6.70. The Labute approximate surface area is 163 Å². The lowest BCUT2D eigenvalue weighted by molar-refractivity contribution is -0.142. The summed E-state index contributed by atoms with van der Waals surface area (Å²) in [4.78, 5) is 23.4. The number of amides is 1. The number of carbonyl (C=O) groups is 2. The van der Waals surface area contributed by atoms with Gasteiger partial charge in [0.15, 0.2) is 6.61 Å². The van der Waals surface area contributed by atoms with Gasteiger partial charge in [-0.25, -0.2) is 4.79 Å². The zero-order chi connectivity index (χ0) is 20.5. The number of nitrogens with zero attached hydrogens (tertiary/aromatic N) is 1. The molecule has 144 valence electrons. The summed E-state index contributed by atoms with van der Waals surface area (Å²) in [5, 5.41) is 11.5. The van der Waals surface area contributed by atoms with Crippen molar-refractivity contribution in [3.63, 3.8) is 0 Å². The Bertz CT molecular complexity index is 925. The van der Waals surface area contributed by atoms with Gasteiger partial charge in [-0.3, -0.25) is 4.79 Å². The topological polar surface area (TPSA) is 88.4 Å². The first-order valence-electron chi connectivity index (χ1n) is 7.76. The van der Waals surface area contributed by atoms with Crippen LogP contribution in [0.5, 0.6) is 5.75 Å². The van der Waals surface area contributed by atoms with Crippen LogP contribution >= 0.6 is 11.6 Å². The Morgan fingerprint density at radius 2 is 1.93 bits per heavy atom. The number of anilines is 1. The van der Waals surface area contributed by atoms with Crippen LogP contribution in [-0.4, -0.2) is 25.1 Å². The van der Waals surface area contributed by atoms with Gasteiger partial charge in [-0.05, 0) is 42.0 Å². The predicted molar refractivity (Wildman–Crippen MR) is 97.9 cm³/mol. The van der Waals surface area contributed by atoms with Gasteiger partial charge in [0.2, 0.25) is 0 Å². The molecule has 0 bridgehead atoms. The number of esters is 1. The van der Waals surface area contributed by atoms with Gasteiger partial charge >= 0.3 is 12.6 Å². The van der Waals surface area contributed by atoms with Gasteiger partial charge in [-0.1, -0.05) is 23.7 Å². The lowest BCUT2D eigenvalue weighted by Crippen LogP contribution is -2.20. The van der Waals surface area contributed by atoms with Crippen LogP contribution in [0.1, 0.15) is 11.1 Å². The van der Waals surface area contributed by atoms with E-state index in [4.69, 9.17) is 21.6 Å². The quantitative estimate of drug-likeness (QED) is 0.554. The minimum atomic E-state index is -2.91. The van der Waals surface area contributed by atoms with Crippen LogP contribution in [0, 0.1) is 11.3 Å². The smallest absolute Gasteiger partial charge is 0.387 e. The molecule has 2 aromatic rings. The maximum absolute atomic E-state index is 12.1. The molecule has 1 amide bonds. The Morgan fingerprint density at radius 1 is 1.21 bits per heavy atom. The van der Waals surface area contributed by atoms with Gasteiger partial charge < -0.3 is 14.8 Å². The normalized spacial score (nSPS) is 10.5. The van der Waals surface area contributed by atoms with Gasteiger partial charge in [-0.2, -0.15) is 14.0 Å². The summed E-state index contributed by atoms with van der Waals surface area (Å²) in [6, 6.07) is 11.8. The number of alkyl halides is 2. The number of rotatable bonds is 7. The van der Waals surface area contributed by atoms with Crippen molar-refractivity contribution < 1.29 is 27.8 Å². The van der Waals surface area contributed by atoms with Crippen molar-refractivity contribution >= 4 is 35.2 Å². The summed E-state index contributed by atoms with van der Waals surface area (Å²) in [5.41, 5.74) is 1.17. The summed E-state index contributed by atoms with van der Waals surface area (Å²) in [6.45, 7) is -3.44. The zero-order valence-electron chi connectivity index (χ0n) is 14.2. The molecule has 0 fully saturated rings. The Hall–Kier alpha value is -3.44. The number of hydrogen-bond donors (Lipinski definition) is 1. The van der Waals surface area contributed by atoms with Crippen LogP contribution < -0.4 is 10.1 Å². The fourth-order valence-corrected chi connectivity index (χ4v) is 2.21. The number of nitriles is 1. The monoisotopic (exact) mass is 406 g/mol. The highest BCUT2D eigenvalue weighted by Gasteiger charge is 2.08. The van der Waals surface area contributed by atoms with E-state index in [9.17, 15) is 18.4 Å². The van der Waals surface area contributed by atoms with Crippen molar-refractivity contribution in [2.24, 2.45) is 0 Å². The highest BCUT2D eigenvalue weighted by molar-refractivity contribution is 6.32. The highest BCUT2D eigenvalue weighted by atomic mass is 35.5.